The number of nitro benzene ring substituents is 1. The molecule has 1 aliphatic heterocycles. The first-order chi connectivity index (χ1) is 16.2. The van der Waals surface area contributed by atoms with Gasteiger partial charge in [-0.1, -0.05) is 42.5 Å². The van der Waals surface area contributed by atoms with Crippen molar-refractivity contribution in [1.29, 1.82) is 0 Å². The summed E-state index contributed by atoms with van der Waals surface area (Å²) >= 11 is 1.43. The minimum atomic E-state index is -0.406. The fraction of sp³-hybridized carbons (Fsp3) is 0.0833. The van der Waals surface area contributed by atoms with Gasteiger partial charge in [-0.25, -0.2) is 4.68 Å². The molecule has 0 spiro atoms. The second kappa shape index (κ2) is 9.09. The molecule has 164 valence electrons. The minimum absolute atomic E-state index is 0.0211. The van der Waals surface area contributed by atoms with Crippen molar-refractivity contribution in [2.75, 3.05) is 6.79 Å². The van der Waals surface area contributed by atoms with Crippen molar-refractivity contribution < 1.29 is 14.4 Å². The number of non-ortho nitro benzene ring substituents is 1. The summed E-state index contributed by atoms with van der Waals surface area (Å²) in [6, 6.07) is 22.0. The summed E-state index contributed by atoms with van der Waals surface area (Å²) in [7, 11) is 0. The predicted octanol–water partition coefficient (Wildman–Crippen LogP) is 4.84. The molecule has 5 rings (SSSR count). The Bertz CT molecular complexity index is 1410. The van der Waals surface area contributed by atoms with Crippen LogP contribution in [0.4, 0.5) is 5.69 Å². The molecule has 1 aliphatic rings. The number of fused-ring (bicyclic) bond motifs is 1. The zero-order valence-electron chi connectivity index (χ0n) is 17.3. The van der Waals surface area contributed by atoms with Gasteiger partial charge in [0, 0.05) is 23.1 Å². The zero-order valence-corrected chi connectivity index (χ0v) is 18.1. The van der Waals surface area contributed by atoms with Crippen LogP contribution in [0.2, 0.25) is 0 Å². The highest BCUT2D eigenvalue weighted by atomic mass is 32.1. The van der Waals surface area contributed by atoms with Gasteiger partial charge in [0.05, 0.1) is 23.4 Å². The van der Waals surface area contributed by atoms with Crippen LogP contribution in [0.25, 0.3) is 11.3 Å². The van der Waals surface area contributed by atoms with Gasteiger partial charge in [0.1, 0.15) is 0 Å². The van der Waals surface area contributed by atoms with E-state index in [1.807, 2.05) is 60.0 Å². The standard InChI is InChI=1S/C24H18N4O4S/c29-28(30)20-8-4-7-19(12-20)21-15-33-24(25-13-17-5-2-1-3-6-17)27(21)26-14-18-9-10-22-23(11-18)32-16-31-22/h1-12,14-15H,13,16H2. The summed E-state index contributed by atoms with van der Waals surface area (Å²) in [4.78, 5) is 16.3. The van der Waals surface area contributed by atoms with Crippen LogP contribution in [0.5, 0.6) is 11.5 Å². The van der Waals surface area contributed by atoms with Crippen LogP contribution in [0.15, 0.2) is 88.3 Å². The normalized spacial score (nSPS) is 13.0. The van der Waals surface area contributed by atoms with Crippen LogP contribution >= 0.6 is 11.3 Å². The molecule has 8 nitrogen and oxygen atoms in total. The second-order valence-electron chi connectivity index (χ2n) is 7.18. The molecular formula is C24H18N4O4S. The van der Waals surface area contributed by atoms with E-state index in [4.69, 9.17) is 14.5 Å². The third-order valence-electron chi connectivity index (χ3n) is 5.00. The van der Waals surface area contributed by atoms with Crippen LogP contribution in [0.1, 0.15) is 11.1 Å². The smallest absolute Gasteiger partial charge is 0.270 e. The van der Waals surface area contributed by atoms with Crippen molar-refractivity contribution in [3.8, 4) is 22.8 Å². The van der Waals surface area contributed by atoms with Crippen LogP contribution in [0.3, 0.4) is 0 Å². The number of aromatic nitrogens is 1. The van der Waals surface area contributed by atoms with E-state index >= 15 is 0 Å². The molecule has 0 saturated carbocycles. The van der Waals surface area contributed by atoms with Gasteiger partial charge in [-0.15, -0.1) is 11.3 Å². The highest BCUT2D eigenvalue weighted by Crippen LogP contribution is 2.32. The fourth-order valence-corrected chi connectivity index (χ4v) is 4.19. The number of nitro groups is 1. The summed E-state index contributed by atoms with van der Waals surface area (Å²) in [5, 5.41) is 17.8. The largest absolute Gasteiger partial charge is 0.454 e. The topological polar surface area (TPSA) is 91.2 Å². The van der Waals surface area contributed by atoms with Gasteiger partial charge in [-0.2, -0.15) is 5.10 Å². The molecule has 0 atom stereocenters. The Kier molecular flexibility index (Phi) is 5.69. The van der Waals surface area contributed by atoms with Crippen LogP contribution in [0, 0.1) is 10.1 Å². The molecule has 0 fully saturated rings. The maximum Gasteiger partial charge on any atom is 0.270 e. The molecule has 1 aromatic heterocycles. The minimum Gasteiger partial charge on any atom is -0.454 e. The van der Waals surface area contributed by atoms with Crippen molar-refractivity contribution in [3.63, 3.8) is 0 Å². The van der Waals surface area contributed by atoms with Crippen molar-refractivity contribution in [3.05, 3.63) is 104 Å². The van der Waals surface area contributed by atoms with E-state index in [-0.39, 0.29) is 12.5 Å². The molecule has 2 heterocycles. The Morgan fingerprint density at radius 2 is 1.88 bits per heavy atom. The van der Waals surface area contributed by atoms with Crippen LogP contribution in [-0.2, 0) is 6.54 Å². The maximum atomic E-state index is 11.3. The number of rotatable bonds is 6. The summed E-state index contributed by atoms with van der Waals surface area (Å²) in [6.07, 6.45) is 1.71. The molecule has 3 aromatic carbocycles. The predicted molar refractivity (Wildman–Crippen MR) is 126 cm³/mol. The number of nitrogens with zero attached hydrogens (tertiary/aromatic N) is 4. The summed E-state index contributed by atoms with van der Waals surface area (Å²) in [6.45, 7) is 0.698. The molecule has 9 heteroatoms. The highest BCUT2D eigenvalue weighted by Gasteiger charge is 2.14. The van der Waals surface area contributed by atoms with E-state index in [2.05, 4.69) is 5.10 Å². The molecule has 4 aromatic rings. The highest BCUT2D eigenvalue weighted by molar-refractivity contribution is 7.07. The van der Waals surface area contributed by atoms with E-state index in [1.165, 1.54) is 23.5 Å². The summed E-state index contributed by atoms with van der Waals surface area (Å²) < 4.78 is 12.5. The van der Waals surface area contributed by atoms with Gasteiger partial charge in [0.2, 0.25) is 11.6 Å². The monoisotopic (exact) mass is 458 g/mol. The lowest BCUT2D eigenvalue weighted by atomic mass is 10.1. The molecule has 0 aliphatic carbocycles. The number of benzene rings is 3. The Morgan fingerprint density at radius 3 is 2.73 bits per heavy atom. The SMILES string of the molecule is O=[N+]([O-])c1cccc(-c2csc(=NCc3ccccc3)n2N=Cc2ccc3c(c2)OCO3)c1. The van der Waals surface area contributed by atoms with Crippen molar-refractivity contribution in [2.24, 2.45) is 10.1 Å². The second-order valence-corrected chi connectivity index (χ2v) is 8.02. The van der Waals surface area contributed by atoms with Gasteiger partial charge in [0.15, 0.2) is 11.5 Å². The quantitative estimate of drug-likeness (QED) is 0.235. The van der Waals surface area contributed by atoms with Crippen molar-refractivity contribution in [1.82, 2.24) is 4.68 Å². The average Bonchev–Trinajstić information content (AvgIpc) is 3.48. The first-order valence-electron chi connectivity index (χ1n) is 10.1. The fourth-order valence-electron chi connectivity index (χ4n) is 3.36. The summed E-state index contributed by atoms with van der Waals surface area (Å²) in [5.74, 6) is 1.37. The van der Waals surface area contributed by atoms with Crippen molar-refractivity contribution >= 4 is 23.2 Å². The van der Waals surface area contributed by atoms with E-state index < -0.39 is 4.92 Å². The third kappa shape index (κ3) is 4.53. The van der Waals surface area contributed by atoms with E-state index in [0.29, 0.717) is 34.1 Å². The molecule has 0 unspecified atom stereocenters. The first-order valence-corrected chi connectivity index (χ1v) is 11.0. The lowest BCUT2D eigenvalue weighted by molar-refractivity contribution is -0.384. The average molecular weight is 458 g/mol. The maximum absolute atomic E-state index is 11.3. The molecule has 33 heavy (non-hydrogen) atoms. The van der Waals surface area contributed by atoms with Gasteiger partial charge < -0.3 is 9.47 Å². The Labute approximate surface area is 192 Å². The molecule has 0 bridgehead atoms. The molecular weight excluding hydrogens is 440 g/mol. The molecule has 0 radical (unpaired) electrons. The molecule has 0 N–H and O–H groups in total. The van der Waals surface area contributed by atoms with Gasteiger partial charge >= 0.3 is 0 Å². The number of hydrogen-bond donors (Lipinski definition) is 0. The molecule has 0 saturated heterocycles. The first kappa shape index (κ1) is 20.7. The Balaban J connectivity index is 1.56. The zero-order chi connectivity index (χ0) is 22.6. The number of hydrogen-bond acceptors (Lipinski definition) is 7. The van der Waals surface area contributed by atoms with Crippen molar-refractivity contribution in [2.45, 2.75) is 6.54 Å². The van der Waals surface area contributed by atoms with Crippen LogP contribution in [-0.4, -0.2) is 22.6 Å². The summed E-state index contributed by atoms with van der Waals surface area (Å²) in [5.41, 5.74) is 3.33. The lowest BCUT2D eigenvalue weighted by Gasteiger charge is -2.04. The van der Waals surface area contributed by atoms with Gasteiger partial charge in [-0.05, 0) is 29.3 Å². The van der Waals surface area contributed by atoms with E-state index in [0.717, 1.165) is 11.1 Å². The number of ether oxygens (including phenoxy) is 2. The van der Waals surface area contributed by atoms with E-state index in [9.17, 15) is 10.1 Å². The third-order valence-corrected chi connectivity index (χ3v) is 5.85. The number of thiazole rings is 1. The Hall–Kier alpha value is -4.24. The van der Waals surface area contributed by atoms with Gasteiger partial charge in [0.25, 0.3) is 5.69 Å². The van der Waals surface area contributed by atoms with Crippen LogP contribution < -0.4 is 14.3 Å². The Morgan fingerprint density at radius 1 is 1.03 bits per heavy atom. The van der Waals surface area contributed by atoms with E-state index in [1.54, 1.807) is 17.0 Å². The van der Waals surface area contributed by atoms with Gasteiger partial charge in [-0.3, -0.25) is 15.1 Å². The molecule has 0 amide bonds. The lowest BCUT2D eigenvalue weighted by Crippen LogP contribution is -2.12.